The fourth-order valence-corrected chi connectivity index (χ4v) is 3.63. The molecule has 2 saturated heterocycles. The molecular formula is C20H30BF2N3O3. The van der Waals surface area contributed by atoms with E-state index in [1.54, 1.807) is 18.0 Å². The van der Waals surface area contributed by atoms with E-state index in [1.807, 2.05) is 39.8 Å². The van der Waals surface area contributed by atoms with Gasteiger partial charge in [0.15, 0.2) is 0 Å². The molecule has 1 N–H and O–H groups in total. The molecule has 160 valence electrons. The van der Waals surface area contributed by atoms with Gasteiger partial charge in [-0.05, 0) is 45.3 Å². The largest absolute Gasteiger partial charge is 0.494 e. The van der Waals surface area contributed by atoms with Gasteiger partial charge >= 0.3 is 7.12 Å². The molecule has 1 amide bonds. The van der Waals surface area contributed by atoms with Crippen molar-refractivity contribution >= 4 is 24.2 Å². The first-order valence-corrected chi connectivity index (χ1v) is 10.0. The molecule has 3 rings (SSSR count). The molecule has 29 heavy (non-hydrogen) atoms. The number of halogens is 2. The van der Waals surface area contributed by atoms with Crippen LogP contribution in [0.1, 0.15) is 38.1 Å². The predicted octanol–water partition coefficient (Wildman–Crippen LogP) is 1.73. The third-order valence-electron chi connectivity index (χ3n) is 6.13. The average molecular weight is 409 g/mol. The van der Waals surface area contributed by atoms with Crippen molar-refractivity contribution in [1.82, 2.24) is 10.2 Å². The van der Waals surface area contributed by atoms with Gasteiger partial charge in [-0.2, -0.15) is 0 Å². The smallest absolute Gasteiger partial charge is 0.399 e. The maximum atomic E-state index is 12.7. The molecule has 6 nitrogen and oxygen atoms in total. The minimum atomic E-state index is -2.34. The lowest BCUT2D eigenvalue weighted by Gasteiger charge is -2.36. The molecule has 2 heterocycles. The second kappa shape index (κ2) is 8.20. The highest BCUT2D eigenvalue weighted by Crippen LogP contribution is 2.37. The third-order valence-corrected chi connectivity index (χ3v) is 6.13. The summed E-state index contributed by atoms with van der Waals surface area (Å²) in [5, 5.41) is 2.67. The normalized spacial score (nSPS) is 21.7. The van der Waals surface area contributed by atoms with E-state index in [1.165, 1.54) is 0 Å². The van der Waals surface area contributed by atoms with E-state index < -0.39 is 24.7 Å². The van der Waals surface area contributed by atoms with Crippen LogP contribution in [0.2, 0.25) is 0 Å². The molecule has 2 aliphatic rings. The fourth-order valence-electron chi connectivity index (χ4n) is 3.63. The molecule has 0 saturated carbocycles. The van der Waals surface area contributed by atoms with E-state index in [4.69, 9.17) is 9.31 Å². The summed E-state index contributed by atoms with van der Waals surface area (Å²) in [6.45, 7) is 9.96. The number of nitrogens with zero attached hydrogens (tertiary/aromatic N) is 2. The van der Waals surface area contributed by atoms with Gasteiger partial charge in [-0.3, -0.25) is 9.69 Å². The molecule has 0 radical (unpaired) electrons. The second-order valence-electron chi connectivity index (χ2n) is 8.62. The van der Waals surface area contributed by atoms with Gasteiger partial charge in [0.05, 0.1) is 23.3 Å². The zero-order valence-corrected chi connectivity index (χ0v) is 17.8. The van der Waals surface area contributed by atoms with Gasteiger partial charge in [0.1, 0.15) is 0 Å². The van der Waals surface area contributed by atoms with Crippen LogP contribution in [-0.4, -0.2) is 75.3 Å². The fraction of sp³-hybridized carbons (Fsp3) is 0.650. The summed E-state index contributed by atoms with van der Waals surface area (Å²) in [5.74, 6) is -0.185. The predicted molar refractivity (Wildman–Crippen MR) is 110 cm³/mol. The van der Waals surface area contributed by atoms with Crippen LogP contribution in [0, 0.1) is 0 Å². The maximum absolute atomic E-state index is 12.7. The first-order chi connectivity index (χ1) is 13.5. The zero-order valence-electron chi connectivity index (χ0n) is 17.8. The Morgan fingerprint density at radius 2 is 1.72 bits per heavy atom. The summed E-state index contributed by atoms with van der Waals surface area (Å²) in [6.07, 6.45) is -2.34. The molecular weight excluding hydrogens is 379 g/mol. The number of piperazine rings is 1. The zero-order chi connectivity index (χ0) is 21.4. The van der Waals surface area contributed by atoms with Gasteiger partial charge in [0.2, 0.25) is 0 Å². The Bertz CT molecular complexity index is 736. The lowest BCUT2D eigenvalue weighted by molar-refractivity contribution is 0.00578. The number of alkyl halides is 2. The van der Waals surface area contributed by atoms with Crippen LogP contribution in [0.5, 0.6) is 0 Å². The molecule has 0 aliphatic carbocycles. The van der Waals surface area contributed by atoms with Crippen molar-refractivity contribution in [3.63, 3.8) is 0 Å². The van der Waals surface area contributed by atoms with Crippen molar-refractivity contribution in [2.75, 3.05) is 44.7 Å². The van der Waals surface area contributed by atoms with Gasteiger partial charge in [-0.1, -0.05) is 6.07 Å². The third kappa shape index (κ3) is 4.57. The van der Waals surface area contributed by atoms with E-state index >= 15 is 0 Å². The minimum absolute atomic E-state index is 0.185. The van der Waals surface area contributed by atoms with Crippen LogP contribution in [0.15, 0.2) is 18.2 Å². The molecule has 0 aromatic heterocycles. The molecule has 2 fully saturated rings. The van der Waals surface area contributed by atoms with Gasteiger partial charge in [0.25, 0.3) is 12.3 Å². The molecule has 0 unspecified atom stereocenters. The highest BCUT2D eigenvalue weighted by molar-refractivity contribution is 6.62. The van der Waals surface area contributed by atoms with Crippen LogP contribution in [-0.2, 0) is 9.31 Å². The number of carbonyl (C=O) groups is 1. The molecule has 1 aromatic carbocycles. The van der Waals surface area contributed by atoms with Crippen molar-refractivity contribution in [1.29, 1.82) is 0 Å². The Balaban J connectivity index is 1.85. The Morgan fingerprint density at radius 3 is 2.24 bits per heavy atom. The summed E-state index contributed by atoms with van der Waals surface area (Å²) in [6, 6.07) is 5.55. The molecule has 9 heteroatoms. The number of rotatable bonds is 5. The van der Waals surface area contributed by atoms with Crippen molar-refractivity contribution in [3.8, 4) is 0 Å². The van der Waals surface area contributed by atoms with E-state index in [0.29, 0.717) is 31.7 Å². The Hall–Kier alpha value is -1.71. The quantitative estimate of drug-likeness (QED) is 0.751. The number of benzene rings is 1. The lowest BCUT2D eigenvalue weighted by atomic mass is 9.78. The molecule has 1 aromatic rings. The SMILES string of the molecule is CNC(=O)c1ccc(B2OC(C)(C)C(C)(C)O2)cc1N1CCN(CC(F)F)CC1. The van der Waals surface area contributed by atoms with Crippen LogP contribution in [0.4, 0.5) is 14.5 Å². The van der Waals surface area contributed by atoms with Crippen LogP contribution in [0.3, 0.4) is 0 Å². The van der Waals surface area contributed by atoms with E-state index in [-0.39, 0.29) is 12.5 Å². The standard InChI is InChI=1S/C20H30BF2N3O3/c1-19(2)20(3,4)29-21(28-19)14-6-7-15(18(27)24-5)16(12-14)26-10-8-25(9-11-26)13-17(22)23/h6-7,12,17H,8-11,13H2,1-5H3,(H,24,27). The van der Waals surface area contributed by atoms with Crippen LogP contribution < -0.4 is 15.7 Å². The van der Waals surface area contributed by atoms with Crippen molar-refractivity contribution in [3.05, 3.63) is 23.8 Å². The minimum Gasteiger partial charge on any atom is -0.399 e. The monoisotopic (exact) mass is 409 g/mol. The summed E-state index contributed by atoms with van der Waals surface area (Å²) >= 11 is 0. The Kier molecular flexibility index (Phi) is 6.22. The van der Waals surface area contributed by atoms with Crippen LogP contribution in [0.25, 0.3) is 0 Å². The highest BCUT2D eigenvalue weighted by Gasteiger charge is 2.51. The lowest BCUT2D eigenvalue weighted by Crippen LogP contribution is -2.48. The topological polar surface area (TPSA) is 54.0 Å². The van der Waals surface area contributed by atoms with Crippen molar-refractivity contribution in [2.45, 2.75) is 45.3 Å². The first kappa shape index (κ1) is 22.0. The van der Waals surface area contributed by atoms with E-state index in [0.717, 1.165) is 11.2 Å². The number of amides is 1. The van der Waals surface area contributed by atoms with Crippen LogP contribution >= 0.6 is 0 Å². The Labute approximate surface area is 171 Å². The number of nitrogens with one attached hydrogen (secondary N) is 1. The maximum Gasteiger partial charge on any atom is 0.494 e. The van der Waals surface area contributed by atoms with Gasteiger partial charge in [0, 0.05) is 38.9 Å². The number of carbonyl (C=O) groups excluding carboxylic acids is 1. The summed E-state index contributed by atoms with van der Waals surface area (Å²) < 4.78 is 37.6. The highest BCUT2D eigenvalue weighted by atomic mass is 19.3. The Morgan fingerprint density at radius 1 is 1.14 bits per heavy atom. The van der Waals surface area contributed by atoms with Gasteiger partial charge < -0.3 is 19.5 Å². The van der Waals surface area contributed by atoms with E-state index in [9.17, 15) is 13.6 Å². The summed E-state index contributed by atoms with van der Waals surface area (Å²) in [5.41, 5.74) is 1.24. The molecule has 2 aliphatic heterocycles. The average Bonchev–Trinajstić information content (AvgIpc) is 2.88. The molecule has 0 bridgehead atoms. The second-order valence-corrected chi connectivity index (χ2v) is 8.62. The number of anilines is 1. The molecule has 0 spiro atoms. The first-order valence-electron chi connectivity index (χ1n) is 10.0. The number of hydrogen-bond donors (Lipinski definition) is 1. The van der Waals surface area contributed by atoms with E-state index in [2.05, 4.69) is 10.2 Å². The summed E-state index contributed by atoms with van der Waals surface area (Å²) in [4.78, 5) is 16.2. The van der Waals surface area contributed by atoms with Gasteiger partial charge in [-0.15, -0.1) is 0 Å². The van der Waals surface area contributed by atoms with Crippen molar-refractivity contribution in [2.24, 2.45) is 0 Å². The number of hydrogen-bond acceptors (Lipinski definition) is 5. The van der Waals surface area contributed by atoms with Crippen molar-refractivity contribution < 1.29 is 22.9 Å². The van der Waals surface area contributed by atoms with Gasteiger partial charge in [-0.25, -0.2) is 8.78 Å². The molecule has 0 atom stereocenters. The summed E-state index contributed by atoms with van der Waals surface area (Å²) in [7, 11) is 1.06.